The molecular weight excluding hydrogens is 419 g/mol. The molecule has 0 aliphatic heterocycles. The van der Waals surface area contributed by atoms with Crippen LogP contribution in [-0.2, 0) is 4.79 Å². The summed E-state index contributed by atoms with van der Waals surface area (Å²) in [6, 6.07) is 22.9. The molecule has 0 aliphatic carbocycles. The SMILES string of the molecule is CC(NC(=O)CC(NC(=O)c1ccccc1Cl)c1ccccc1)c1cccc(Cl)c1. The average molecular weight is 441 g/mol. The first-order valence-electron chi connectivity index (χ1n) is 9.59. The van der Waals surface area contributed by atoms with Crippen LogP contribution in [-0.4, -0.2) is 11.8 Å². The van der Waals surface area contributed by atoms with Crippen molar-refractivity contribution in [2.75, 3.05) is 0 Å². The summed E-state index contributed by atoms with van der Waals surface area (Å²) in [5.74, 6) is -0.513. The summed E-state index contributed by atoms with van der Waals surface area (Å²) in [5, 5.41) is 6.89. The Labute approximate surface area is 186 Å². The lowest BCUT2D eigenvalue weighted by Gasteiger charge is -2.21. The first-order chi connectivity index (χ1) is 14.4. The van der Waals surface area contributed by atoms with Gasteiger partial charge in [0.15, 0.2) is 0 Å². The Kier molecular flexibility index (Phi) is 7.50. The second-order valence-corrected chi connectivity index (χ2v) is 7.81. The number of nitrogens with one attached hydrogen (secondary N) is 2. The topological polar surface area (TPSA) is 58.2 Å². The van der Waals surface area contributed by atoms with Gasteiger partial charge in [0.05, 0.1) is 29.1 Å². The van der Waals surface area contributed by atoms with Crippen LogP contribution in [0.1, 0.15) is 46.9 Å². The molecule has 0 radical (unpaired) electrons. The molecule has 2 amide bonds. The van der Waals surface area contributed by atoms with E-state index in [1.807, 2.05) is 55.5 Å². The fraction of sp³-hybridized carbons (Fsp3) is 0.167. The van der Waals surface area contributed by atoms with Crippen molar-refractivity contribution in [3.63, 3.8) is 0 Å². The summed E-state index contributed by atoms with van der Waals surface area (Å²) in [7, 11) is 0. The van der Waals surface area contributed by atoms with E-state index in [0.717, 1.165) is 11.1 Å². The molecule has 0 saturated heterocycles. The Morgan fingerprint density at radius 2 is 1.50 bits per heavy atom. The van der Waals surface area contributed by atoms with Crippen LogP contribution in [0.3, 0.4) is 0 Å². The van der Waals surface area contributed by atoms with Gasteiger partial charge in [0.2, 0.25) is 5.91 Å². The van der Waals surface area contributed by atoms with E-state index in [1.54, 1.807) is 30.3 Å². The first kappa shape index (κ1) is 21.9. The fourth-order valence-corrected chi connectivity index (χ4v) is 3.58. The van der Waals surface area contributed by atoms with Crippen molar-refractivity contribution in [3.05, 3.63) is 106 Å². The summed E-state index contributed by atoms with van der Waals surface area (Å²) >= 11 is 12.2. The maximum atomic E-state index is 12.8. The molecule has 3 rings (SSSR count). The third kappa shape index (κ3) is 5.85. The predicted octanol–water partition coefficient (Wildman–Crippen LogP) is 5.73. The van der Waals surface area contributed by atoms with Gasteiger partial charge in [0, 0.05) is 5.02 Å². The zero-order chi connectivity index (χ0) is 21.5. The molecule has 0 aromatic heterocycles. The number of hydrogen-bond acceptors (Lipinski definition) is 2. The molecule has 30 heavy (non-hydrogen) atoms. The van der Waals surface area contributed by atoms with E-state index in [1.165, 1.54) is 0 Å². The van der Waals surface area contributed by atoms with Gasteiger partial charge in [-0.15, -0.1) is 0 Å². The highest BCUT2D eigenvalue weighted by Crippen LogP contribution is 2.22. The van der Waals surface area contributed by atoms with Crippen LogP contribution in [0.4, 0.5) is 0 Å². The van der Waals surface area contributed by atoms with Gasteiger partial charge >= 0.3 is 0 Å². The van der Waals surface area contributed by atoms with Crippen molar-refractivity contribution in [1.82, 2.24) is 10.6 Å². The van der Waals surface area contributed by atoms with Gasteiger partial charge in [-0.05, 0) is 42.3 Å². The van der Waals surface area contributed by atoms with Crippen molar-refractivity contribution in [3.8, 4) is 0 Å². The lowest BCUT2D eigenvalue weighted by Crippen LogP contribution is -2.34. The van der Waals surface area contributed by atoms with E-state index >= 15 is 0 Å². The van der Waals surface area contributed by atoms with Crippen LogP contribution in [0.15, 0.2) is 78.9 Å². The van der Waals surface area contributed by atoms with Crippen molar-refractivity contribution >= 4 is 35.0 Å². The zero-order valence-corrected chi connectivity index (χ0v) is 18.0. The van der Waals surface area contributed by atoms with Crippen molar-refractivity contribution in [1.29, 1.82) is 0 Å². The molecule has 0 spiro atoms. The quantitative estimate of drug-likeness (QED) is 0.492. The number of carbonyl (C=O) groups is 2. The number of benzene rings is 3. The first-order valence-corrected chi connectivity index (χ1v) is 10.3. The van der Waals surface area contributed by atoms with Gasteiger partial charge in [-0.1, -0.05) is 77.8 Å². The van der Waals surface area contributed by atoms with E-state index in [0.29, 0.717) is 15.6 Å². The van der Waals surface area contributed by atoms with Gasteiger partial charge in [0.1, 0.15) is 0 Å². The maximum absolute atomic E-state index is 12.8. The summed E-state index contributed by atoms with van der Waals surface area (Å²) < 4.78 is 0. The number of halogens is 2. The van der Waals surface area contributed by atoms with Gasteiger partial charge < -0.3 is 10.6 Å². The van der Waals surface area contributed by atoms with Crippen molar-refractivity contribution < 1.29 is 9.59 Å². The smallest absolute Gasteiger partial charge is 0.253 e. The molecule has 3 aromatic carbocycles. The molecule has 154 valence electrons. The number of hydrogen-bond donors (Lipinski definition) is 2. The molecule has 0 bridgehead atoms. The molecule has 2 unspecified atom stereocenters. The second kappa shape index (κ2) is 10.3. The summed E-state index contributed by atoms with van der Waals surface area (Å²) in [4.78, 5) is 25.5. The van der Waals surface area contributed by atoms with E-state index in [2.05, 4.69) is 10.6 Å². The summed E-state index contributed by atoms with van der Waals surface area (Å²) in [6.07, 6.45) is 0.0884. The number of carbonyl (C=O) groups excluding carboxylic acids is 2. The molecule has 0 saturated carbocycles. The lowest BCUT2D eigenvalue weighted by molar-refractivity contribution is -0.122. The van der Waals surface area contributed by atoms with E-state index < -0.39 is 6.04 Å². The average Bonchev–Trinajstić information content (AvgIpc) is 2.74. The van der Waals surface area contributed by atoms with E-state index in [-0.39, 0.29) is 24.3 Å². The van der Waals surface area contributed by atoms with Crippen LogP contribution in [0.5, 0.6) is 0 Å². The predicted molar refractivity (Wildman–Crippen MR) is 121 cm³/mol. The molecular formula is C24H22Cl2N2O2. The minimum atomic E-state index is -0.499. The molecule has 3 aromatic rings. The summed E-state index contributed by atoms with van der Waals surface area (Å²) in [5.41, 5.74) is 2.11. The Morgan fingerprint density at radius 3 is 2.20 bits per heavy atom. The Hall–Kier alpha value is -2.82. The van der Waals surface area contributed by atoms with Gasteiger partial charge in [-0.25, -0.2) is 0 Å². The third-order valence-corrected chi connectivity index (χ3v) is 5.31. The van der Waals surface area contributed by atoms with Crippen molar-refractivity contribution in [2.24, 2.45) is 0 Å². The maximum Gasteiger partial charge on any atom is 0.253 e. The molecule has 4 nitrogen and oxygen atoms in total. The number of amides is 2. The minimum absolute atomic E-state index is 0.0884. The molecule has 2 N–H and O–H groups in total. The molecule has 2 atom stereocenters. The minimum Gasteiger partial charge on any atom is -0.350 e. The third-order valence-electron chi connectivity index (χ3n) is 4.74. The van der Waals surface area contributed by atoms with Crippen LogP contribution in [0.2, 0.25) is 10.0 Å². The lowest BCUT2D eigenvalue weighted by atomic mass is 10.0. The van der Waals surface area contributed by atoms with E-state index in [9.17, 15) is 9.59 Å². The second-order valence-electron chi connectivity index (χ2n) is 6.96. The highest BCUT2D eigenvalue weighted by molar-refractivity contribution is 6.33. The Morgan fingerprint density at radius 1 is 0.833 bits per heavy atom. The number of rotatable bonds is 7. The highest BCUT2D eigenvalue weighted by Gasteiger charge is 2.21. The van der Waals surface area contributed by atoms with Crippen molar-refractivity contribution in [2.45, 2.75) is 25.4 Å². The standard InChI is InChI=1S/C24H22Cl2N2O2/c1-16(18-10-7-11-19(25)14-18)27-23(29)15-22(17-8-3-2-4-9-17)28-24(30)20-12-5-6-13-21(20)26/h2-14,16,22H,15H2,1H3,(H,27,29)(H,28,30). The van der Waals surface area contributed by atoms with Gasteiger partial charge in [0.25, 0.3) is 5.91 Å². The van der Waals surface area contributed by atoms with Crippen LogP contribution >= 0.6 is 23.2 Å². The van der Waals surface area contributed by atoms with Gasteiger partial charge in [-0.3, -0.25) is 9.59 Å². The monoisotopic (exact) mass is 440 g/mol. The largest absolute Gasteiger partial charge is 0.350 e. The molecule has 0 aliphatic rings. The van der Waals surface area contributed by atoms with E-state index in [4.69, 9.17) is 23.2 Å². The van der Waals surface area contributed by atoms with Crippen LogP contribution in [0, 0.1) is 0 Å². The molecule has 0 heterocycles. The molecule has 0 fully saturated rings. The van der Waals surface area contributed by atoms with Gasteiger partial charge in [-0.2, -0.15) is 0 Å². The normalized spacial score (nSPS) is 12.6. The van der Waals surface area contributed by atoms with Crippen LogP contribution in [0.25, 0.3) is 0 Å². The highest BCUT2D eigenvalue weighted by atomic mass is 35.5. The summed E-state index contributed by atoms with van der Waals surface area (Å²) in [6.45, 7) is 1.89. The fourth-order valence-electron chi connectivity index (χ4n) is 3.16. The Bertz CT molecular complexity index is 1020. The zero-order valence-electron chi connectivity index (χ0n) is 16.4. The van der Waals surface area contributed by atoms with Crippen LogP contribution < -0.4 is 10.6 Å². The molecule has 6 heteroatoms. The Balaban J connectivity index is 1.73.